The molecule has 2 aliphatic rings. The maximum atomic E-state index is 6.43. The fraction of sp³-hybridized carbons (Fsp3) is 0.667. The van der Waals surface area contributed by atoms with Crippen LogP contribution in [-0.4, -0.2) is 24.5 Å². The predicted octanol–water partition coefficient (Wildman–Crippen LogP) is 3.65. The SMILES string of the molecule is Cc1ccccc1C(N)CN1CCC2(CCCC2)CC1. The van der Waals surface area contributed by atoms with Gasteiger partial charge in [0.2, 0.25) is 0 Å². The van der Waals surface area contributed by atoms with Gasteiger partial charge in [-0.05, 0) is 62.2 Å². The second-order valence-corrected chi connectivity index (χ2v) is 6.97. The van der Waals surface area contributed by atoms with Gasteiger partial charge in [-0.2, -0.15) is 0 Å². The van der Waals surface area contributed by atoms with Gasteiger partial charge in [0, 0.05) is 12.6 Å². The van der Waals surface area contributed by atoms with Gasteiger partial charge in [0.05, 0.1) is 0 Å². The first-order chi connectivity index (χ1) is 9.69. The summed E-state index contributed by atoms with van der Waals surface area (Å²) < 4.78 is 0. The Labute approximate surface area is 123 Å². The van der Waals surface area contributed by atoms with Crippen molar-refractivity contribution in [2.45, 2.75) is 51.5 Å². The zero-order valence-corrected chi connectivity index (χ0v) is 12.8. The Hall–Kier alpha value is -0.860. The average molecular weight is 272 g/mol. The molecule has 2 nitrogen and oxygen atoms in total. The number of aryl methyl sites for hydroxylation is 1. The van der Waals surface area contributed by atoms with Crippen LogP contribution in [0.4, 0.5) is 0 Å². The van der Waals surface area contributed by atoms with E-state index in [1.807, 2.05) is 0 Å². The molecule has 0 bridgehead atoms. The van der Waals surface area contributed by atoms with Gasteiger partial charge in [0.25, 0.3) is 0 Å². The maximum Gasteiger partial charge on any atom is 0.0426 e. The van der Waals surface area contributed by atoms with E-state index in [2.05, 4.69) is 36.1 Å². The van der Waals surface area contributed by atoms with Crippen LogP contribution in [-0.2, 0) is 0 Å². The highest BCUT2D eigenvalue weighted by Crippen LogP contribution is 2.46. The van der Waals surface area contributed by atoms with E-state index >= 15 is 0 Å². The third kappa shape index (κ3) is 2.91. The van der Waals surface area contributed by atoms with Crippen LogP contribution in [0.1, 0.15) is 55.7 Å². The first-order valence-electron chi connectivity index (χ1n) is 8.22. The van der Waals surface area contributed by atoms with Crippen molar-refractivity contribution in [3.05, 3.63) is 35.4 Å². The minimum atomic E-state index is 0.161. The summed E-state index contributed by atoms with van der Waals surface area (Å²) >= 11 is 0. The molecule has 1 saturated carbocycles. The number of nitrogens with two attached hydrogens (primary N) is 1. The van der Waals surface area contributed by atoms with Crippen LogP contribution in [0, 0.1) is 12.3 Å². The fourth-order valence-electron chi connectivity index (χ4n) is 4.21. The van der Waals surface area contributed by atoms with Crippen LogP contribution in [0.15, 0.2) is 24.3 Å². The summed E-state index contributed by atoms with van der Waals surface area (Å²) in [6, 6.07) is 8.71. The summed E-state index contributed by atoms with van der Waals surface area (Å²) in [5, 5.41) is 0. The van der Waals surface area contributed by atoms with Crippen molar-refractivity contribution in [2.75, 3.05) is 19.6 Å². The van der Waals surface area contributed by atoms with Crippen LogP contribution in [0.3, 0.4) is 0 Å². The van der Waals surface area contributed by atoms with Crippen LogP contribution in [0.2, 0.25) is 0 Å². The normalized spacial score (nSPS) is 24.1. The second-order valence-electron chi connectivity index (χ2n) is 6.97. The fourth-order valence-corrected chi connectivity index (χ4v) is 4.21. The molecular formula is C18H28N2. The molecule has 2 heteroatoms. The smallest absolute Gasteiger partial charge is 0.0426 e. The molecule has 2 N–H and O–H groups in total. The summed E-state index contributed by atoms with van der Waals surface area (Å²) in [5.41, 5.74) is 9.78. The largest absolute Gasteiger partial charge is 0.323 e. The third-order valence-corrected chi connectivity index (χ3v) is 5.62. The number of rotatable bonds is 3. The molecule has 2 fully saturated rings. The zero-order chi connectivity index (χ0) is 14.0. The summed E-state index contributed by atoms with van der Waals surface area (Å²) in [4.78, 5) is 2.58. The van der Waals surface area contributed by atoms with E-state index in [1.54, 1.807) is 0 Å². The average Bonchev–Trinajstić information content (AvgIpc) is 2.90. The number of nitrogens with zero attached hydrogens (tertiary/aromatic N) is 1. The maximum absolute atomic E-state index is 6.43. The van der Waals surface area contributed by atoms with E-state index in [4.69, 9.17) is 5.73 Å². The van der Waals surface area contributed by atoms with E-state index in [9.17, 15) is 0 Å². The minimum Gasteiger partial charge on any atom is -0.323 e. The lowest BCUT2D eigenvalue weighted by Gasteiger charge is -2.40. The van der Waals surface area contributed by atoms with E-state index in [-0.39, 0.29) is 6.04 Å². The van der Waals surface area contributed by atoms with Gasteiger partial charge in [-0.25, -0.2) is 0 Å². The monoisotopic (exact) mass is 272 g/mol. The number of likely N-dealkylation sites (tertiary alicyclic amines) is 1. The molecule has 0 radical (unpaired) electrons. The highest BCUT2D eigenvalue weighted by Gasteiger charge is 2.37. The molecule has 1 aliphatic carbocycles. The van der Waals surface area contributed by atoms with Gasteiger partial charge in [-0.15, -0.1) is 0 Å². The van der Waals surface area contributed by atoms with E-state index in [1.165, 1.54) is 62.7 Å². The molecule has 0 aromatic heterocycles. The van der Waals surface area contributed by atoms with Crippen molar-refractivity contribution >= 4 is 0 Å². The molecule has 1 aliphatic heterocycles. The van der Waals surface area contributed by atoms with Crippen LogP contribution in [0.25, 0.3) is 0 Å². The quantitative estimate of drug-likeness (QED) is 0.910. The van der Waals surface area contributed by atoms with Gasteiger partial charge >= 0.3 is 0 Å². The molecule has 1 heterocycles. The van der Waals surface area contributed by atoms with Crippen LogP contribution in [0.5, 0.6) is 0 Å². The summed E-state index contributed by atoms with van der Waals surface area (Å²) in [6.07, 6.45) is 8.67. The molecule has 1 aromatic rings. The van der Waals surface area contributed by atoms with Crippen molar-refractivity contribution in [2.24, 2.45) is 11.1 Å². The lowest BCUT2D eigenvalue weighted by atomic mass is 9.77. The Kier molecular flexibility index (Phi) is 4.13. The van der Waals surface area contributed by atoms with E-state index in [0.717, 1.165) is 6.54 Å². The Morgan fingerprint density at radius 2 is 1.75 bits per heavy atom. The van der Waals surface area contributed by atoms with Gasteiger partial charge in [-0.3, -0.25) is 0 Å². The molecule has 1 saturated heterocycles. The highest BCUT2D eigenvalue weighted by atomic mass is 15.1. The Balaban J connectivity index is 1.56. The highest BCUT2D eigenvalue weighted by molar-refractivity contribution is 5.28. The van der Waals surface area contributed by atoms with Crippen molar-refractivity contribution in [1.29, 1.82) is 0 Å². The molecule has 1 spiro atoms. The molecular weight excluding hydrogens is 244 g/mol. The third-order valence-electron chi connectivity index (χ3n) is 5.62. The Bertz CT molecular complexity index is 438. The Morgan fingerprint density at radius 3 is 2.40 bits per heavy atom. The summed E-state index contributed by atoms with van der Waals surface area (Å²) in [7, 11) is 0. The zero-order valence-electron chi connectivity index (χ0n) is 12.8. The number of hydrogen-bond donors (Lipinski definition) is 1. The van der Waals surface area contributed by atoms with Crippen molar-refractivity contribution in [3.8, 4) is 0 Å². The van der Waals surface area contributed by atoms with Crippen LogP contribution < -0.4 is 5.73 Å². The van der Waals surface area contributed by atoms with E-state index < -0.39 is 0 Å². The number of piperidine rings is 1. The second kappa shape index (κ2) is 5.87. The van der Waals surface area contributed by atoms with Gasteiger partial charge in [0.15, 0.2) is 0 Å². The standard InChI is InChI=1S/C18H28N2/c1-15-6-2-3-7-16(15)17(19)14-20-12-10-18(11-13-20)8-4-5-9-18/h2-3,6-7,17H,4-5,8-14,19H2,1H3. The molecule has 1 aromatic carbocycles. The number of hydrogen-bond acceptors (Lipinski definition) is 2. The van der Waals surface area contributed by atoms with Gasteiger partial charge in [0.1, 0.15) is 0 Å². The van der Waals surface area contributed by atoms with Crippen LogP contribution >= 0.6 is 0 Å². The first kappa shape index (κ1) is 14.1. The lowest BCUT2D eigenvalue weighted by molar-refractivity contribution is 0.104. The minimum absolute atomic E-state index is 0.161. The van der Waals surface area contributed by atoms with Crippen molar-refractivity contribution < 1.29 is 0 Å². The molecule has 3 rings (SSSR count). The summed E-state index contributed by atoms with van der Waals surface area (Å²) in [5.74, 6) is 0. The molecule has 0 amide bonds. The number of benzene rings is 1. The topological polar surface area (TPSA) is 29.3 Å². The van der Waals surface area contributed by atoms with Crippen molar-refractivity contribution in [1.82, 2.24) is 4.90 Å². The molecule has 20 heavy (non-hydrogen) atoms. The van der Waals surface area contributed by atoms with Gasteiger partial charge in [-0.1, -0.05) is 37.1 Å². The molecule has 1 unspecified atom stereocenters. The van der Waals surface area contributed by atoms with E-state index in [0.29, 0.717) is 5.41 Å². The first-order valence-corrected chi connectivity index (χ1v) is 8.22. The summed E-state index contributed by atoms with van der Waals surface area (Å²) in [6.45, 7) is 5.68. The Morgan fingerprint density at radius 1 is 1.10 bits per heavy atom. The predicted molar refractivity (Wildman–Crippen MR) is 84.7 cm³/mol. The molecule has 110 valence electrons. The molecule has 1 atom stereocenters. The van der Waals surface area contributed by atoms with Crippen molar-refractivity contribution in [3.63, 3.8) is 0 Å². The van der Waals surface area contributed by atoms with Gasteiger partial charge < -0.3 is 10.6 Å². The lowest BCUT2D eigenvalue weighted by Crippen LogP contribution is -2.42.